The van der Waals surface area contributed by atoms with Gasteiger partial charge in [0.25, 0.3) is 5.56 Å². The van der Waals surface area contributed by atoms with Crippen molar-refractivity contribution in [1.29, 1.82) is 0 Å². The van der Waals surface area contributed by atoms with Crippen LogP contribution in [-0.4, -0.2) is 28.3 Å². The summed E-state index contributed by atoms with van der Waals surface area (Å²) in [5.41, 5.74) is 2.24. The molecule has 0 saturated carbocycles. The summed E-state index contributed by atoms with van der Waals surface area (Å²) in [7, 11) is 1.56. The summed E-state index contributed by atoms with van der Waals surface area (Å²) in [6, 6.07) is 19.1. The van der Waals surface area contributed by atoms with E-state index in [1.807, 2.05) is 55.5 Å². The number of carbonyl (C=O) groups excluding carboxylic acids is 1. The van der Waals surface area contributed by atoms with Crippen LogP contribution in [0, 0.1) is 0 Å². The van der Waals surface area contributed by atoms with Gasteiger partial charge in [-0.15, -0.1) is 11.3 Å². The topological polar surface area (TPSA) is 73.2 Å². The fourth-order valence-corrected chi connectivity index (χ4v) is 5.10. The van der Waals surface area contributed by atoms with E-state index in [-0.39, 0.29) is 17.2 Å². The SMILES string of the molecule is CCn1c(SCC(=O)Nc2ccccc2OC)nc2cc(-c3ccccc3)sc2c1=O. The van der Waals surface area contributed by atoms with Crippen LogP contribution in [-0.2, 0) is 11.3 Å². The van der Waals surface area contributed by atoms with Crippen molar-refractivity contribution in [2.75, 3.05) is 18.2 Å². The van der Waals surface area contributed by atoms with E-state index in [9.17, 15) is 9.59 Å². The van der Waals surface area contributed by atoms with Crippen LogP contribution in [0.15, 0.2) is 70.6 Å². The number of fused-ring (bicyclic) bond motifs is 1. The Balaban J connectivity index is 1.58. The molecule has 0 aliphatic carbocycles. The zero-order valence-electron chi connectivity index (χ0n) is 17.1. The van der Waals surface area contributed by atoms with Gasteiger partial charge in [-0.2, -0.15) is 0 Å². The molecule has 1 N–H and O–H groups in total. The maximum Gasteiger partial charge on any atom is 0.272 e. The highest BCUT2D eigenvalue weighted by Gasteiger charge is 2.16. The number of nitrogens with one attached hydrogen (secondary N) is 1. The van der Waals surface area contributed by atoms with Gasteiger partial charge in [-0.1, -0.05) is 54.2 Å². The van der Waals surface area contributed by atoms with Gasteiger partial charge in [-0.3, -0.25) is 14.2 Å². The predicted octanol–water partition coefficient (Wildman–Crippen LogP) is 4.88. The summed E-state index contributed by atoms with van der Waals surface area (Å²) in [5.74, 6) is 0.533. The summed E-state index contributed by atoms with van der Waals surface area (Å²) in [6.07, 6.45) is 0. The van der Waals surface area contributed by atoms with Crippen LogP contribution in [0.4, 0.5) is 5.69 Å². The number of rotatable bonds is 7. The number of anilines is 1. The van der Waals surface area contributed by atoms with Crippen molar-refractivity contribution in [2.45, 2.75) is 18.6 Å². The maximum absolute atomic E-state index is 13.0. The van der Waals surface area contributed by atoms with Crippen LogP contribution in [0.2, 0.25) is 0 Å². The lowest BCUT2D eigenvalue weighted by molar-refractivity contribution is -0.113. The largest absolute Gasteiger partial charge is 0.495 e. The van der Waals surface area contributed by atoms with Gasteiger partial charge in [0.15, 0.2) is 5.16 Å². The molecule has 4 rings (SSSR count). The molecule has 2 aromatic carbocycles. The first-order valence-corrected chi connectivity index (χ1v) is 11.6. The van der Waals surface area contributed by atoms with Gasteiger partial charge in [-0.25, -0.2) is 4.98 Å². The lowest BCUT2D eigenvalue weighted by atomic mass is 10.2. The zero-order valence-corrected chi connectivity index (χ0v) is 18.8. The molecule has 0 spiro atoms. The van der Waals surface area contributed by atoms with E-state index in [1.165, 1.54) is 23.1 Å². The van der Waals surface area contributed by atoms with E-state index in [0.717, 1.165) is 10.4 Å². The highest BCUT2D eigenvalue weighted by molar-refractivity contribution is 7.99. The number of thioether (sulfide) groups is 1. The van der Waals surface area contributed by atoms with Gasteiger partial charge < -0.3 is 10.1 Å². The normalized spacial score (nSPS) is 10.9. The number of hydrogen-bond acceptors (Lipinski definition) is 6. The average molecular weight is 452 g/mol. The molecule has 158 valence electrons. The molecule has 0 atom stereocenters. The molecule has 0 radical (unpaired) electrons. The zero-order chi connectivity index (χ0) is 21.8. The smallest absolute Gasteiger partial charge is 0.272 e. The van der Waals surface area contributed by atoms with E-state index >= 15 is 0 Å². The molecule has 0 aliphatic heterocycles. The number of methoxy groups -OCH3 is 1. The molecule has 1 amide bonds. The van der Waals surface area contributed by atoms with E-state index in [2.05, 4.69) is 5.32 Å². The predicted molar refractivity (Wildman–Crippen MR) is 127 cm³/mol. The van der Waals surface area contributed by atoms with Gasteiger partial charge in [0.05, 0.1) is 24.1 Å². The lowest BCUT2D eigenvalue weighted by Crippen LogP contribution is -2.22. The summed E-state index contributed by atoms with van der Waals surface area (Å²) in [6.45, 7) is 2.39. The Hall–Kier alpha value is -3.10. The van der Waals surface area contributed by atoms with Crippen molar-refractivity contribution in [1.82, 2.24) is 9.55 Å². The van der Waals surface area contributed by atoms with E-state index < -0.39 is 0 Å². The van der Waals surface area contributed by atoms with E-state index in [0.29, 0.717) is 33.4 Å². The van der Waals surface area contributed by atoms with Gasteiger partial charge in [-0.05, 0) is 30.7 Å². The fourth-order valence-electron chi connectivity index (χ4n) is 3.19. The van der Waals surface area contributed by atoms with Crippen molar-refractivity contribution < 1.29 is 9.53 Å². The Labute approximate surface area is 187 Å². The second-order valence-corrected chi connectivity index (χ2v) is 8.67. The first kappa shape index (κ1) is 21.1. The van der Waals surface area contributed by atoms with Crippen LogP contribution >= 0.6 is 23.1 Å². The Morgan fingerprint density at radius 3 is 2.65 bits per heavy atom. The Kier molecular flexibility index (Phi) is 6.39. The van der Waals surface area contributed by atoms with Crippen LogP contribution in [0.3, 0.4) is 0 Å². The molecule has 0 saturated heterocycles. The molecule has 2 aromatic heterocycles. The summed E-state index contributed by atoms with van der Waals surface area (Å²) >= 11 is 2.70. The van der Waals surface area contributed by atoms with Gasteiger partial charge in [0.2, 0.25) is 5.91 Å². The molecule has 4 aromatic rings. The summed E-state index contributed by atoms with van der Waals surface area (Å²) < 4.78 is 7.52. The van der Waals surface area contributed by atoms with Crippen molar-refractivity contribution >= 4 is 44.9 Å². The molecule has 2 heterocycles. The maximum atomic E-state index is 13.0. The number of ether oxygens (including phenoxy) is 1. The van der Waals surface area contributed by atoms with E-state index in [4.69, 9.17) is 9.72 Å². The van der Waals surface area contributed by atoms with Gasteiger partial charge in [0.1, 0.15) is 10.4 Å². The quantitative estimate of drug-likeness (QED) is 0.320. The minimum Gasteiger partial charge on any atom is -0.495 e. The number of thiophene rings is 1. The Bertz CT molecular complexity index is 1280. The average Bonchev–Trinajstić information content (AvgIpc) is 3.23. The van der Waals surface area contributed by atoms with Gasteiger partial charge in [0, 0.05) is 11.4 Å². The first-order chi connectivity index (χ1) is 15.1. The number of amides is 1. The van der Waals surface area contributed by atoms with E-state index in [1.54, 1.807) is 23.8 Å². The molecule has 0 unspecified atom stereocenters. The molecule has 0 fully saturated rings. The Morgan fingerprint density at radius 2 is 1.90 bits per heavy atom. The van der Waals surface area contributed by atoms with Gasteiger partial charge >= 0.3 is 0 Å². The fraction of sp³-hybridized carbons (Fsp3) is 0.174. The summed E-state index contributed by atoms with van der Waals surface area (Å²) in [5, 5.41) is 3.38. The standard InChI is InChI=1S/C23H21N3O3S2/c1-3-26-22(28)21-17(13-19(31-21)15-9-5-4-6-10-15)25-23(26)30-14-20(27)24-16-11-7-8-12-18(16)29-2/h4-13H,3,14H2,1-2H3,(H,24,27). The third kappa shape index (κ3) is 4.50. The van der Waals surface area contributed by atoms with Crippen LogP contribution in [0.25, 0.3) is 20.7 Å². The third-order valence-corrected chi connectivity index (χ3v) is 6.82. The highest BCUT2D eigenvalue weighted by atomic mass is 32.2. The molecule has 6 nitrogen and oxygen atoms in total. The van der Waals surface area contributed by atoms with Crippen molar-refractivity contribution in [3.8, 4) is 16.2 Å². The molecule has 0 aliphatic rings. The van der Waals surface area contributed by atoms with Crippen LogP contribution < -0.4 is 15.6 Å². The number of benzene rings is 2. The third-order valence-electron chi connectivity index (χ3n) is 4.69. The second-order valence-electron chi connectivity index (χ2n) is 6.67. The first-order valence-electron chi connectivity index (χ1n) is 9.76. The minimum atomic E-state index is -0.193. The van der Waals surface area contributed by atoms with Crippen LogP contribution in [0.5, 0.6) is 5.75 Å². The number of nitrogens with zero attached hydrogens (tertiary/aromatic N) is 2. The highest BCUT2D eigenvalue weighted by Crippen LogP contribution is 2.32. The minimum absolute atomic E-state index is 0.0766. The number of aromatic nitrogens is 2. The molecular formula is C23H21N3O3S2. The molecule has 0 bridgehead atoms. The molecular weight excluding hydrogens is 430 g/mol. The monoisotopic (exact) mass is 451 g/mol. The number of para-hydroxylation sites is 2. The number of hydrogen-bond donors (Lipinski definition) is 1. The molecule has 31 heavy (non-hydrogen) atoms. The number of carbonyl (C=O) groups is 1. The second kappa shape index (κ2) is 9.36. The van der Waals surface area contributed by atoms with Crippen molar-refractivity contribution in [3.63, 3.8) is 0 Å². The summed E-state index contributed by atoms with van der Waals surface area (Å²) in [4.78, 5) is 31.2. The van der Waals surface area contributed by atoms with Crippen molar-refractivity contribution in [3.05, 3.63) is 71.0 Å². The Morgan fingerprint density at radius 1 is 1.16 bits per heavy atom. The van der Waals surface area contributed by atoms with Crippen LogP contribution in [0.1, 0.15) is 6.92 Å². The lowest BCUT2D eigenvalue weighted by Gasteiger charge is -2.11. The van der Waals surface area contributed by atoms with Crippen molar-refractivity contribution in [2.24, 2.45) is 0 Å². The molecule has 8 heteroatoms.